The van der Waals surface area contributed by atoms with Crippen molar-refractivity contribution in [2.24, 2.45) is 5.73 Å². The molecule has 96 valence electrons. The molecular weight excluding hydrogens is 244 g/mol. The van der Waals surface area contributed by atoms with Crippen LogP contribution >= 0.6 is 11.3 Å². The van der Waals surface area contributed by atoms with Crippen LogP contribution in [0.1, 0.15) is 18.9 Å². The van der Waals surface area contributed by atoms with Crippen LogP contribution in [0.4, 0.5) is 5.82 Å². The minimum Gasteiger partial charge on any atom is -0.366 e. The lowest BCUT2D eigenvalue weighted by molar-refractivity contribution is 0.711. The van der Waals surface area contributed by atoms with E-state index in [9.17, 15) is 0 Å². The number of nitrogens with one attached hydrogen (secondary N) is 1. The summed E-state index contributed by atoms with van der Waals surface area (Å²) < 4.78 is 0. The maximum atomic E-state index is 5.51. The molecule has 4 nitrogen and oxygen atoms in total. The predicted octanol–water partition coefficient (Wildman–Crippen LogP) is 2.66. The molecule has 1 atom stereocenters. The van der Waals surface area contributed by atoms with Gasteiger partial charge in [0.15, 0.2) is 0 Å². The zero-order chi connectivity index (χ0) is 13.0. The normalized spacial score (nSPS) is 12.4. The van der Waals surface area contributed by atoms with Crippen molar-refractivity contribution >= 4 is 17.2 Å². The molecule has 0 aromatic carbocycles. The largest absolute Gasteiger partial charge is 0.366 e. The second kappa shape index (κ2) is 5.93. The second-order valence-corrected chi connectivity index (χ2v) is 5.28. The molecule has 0 fully saturated rings. The number of hydrogen-bond donors (Lipinski definition) is 2. The molecule has 0 saturated carbocycles. The highest BCUT2D eigenvalue weighted by Gasteiger charge is 2.07. The van der Waals surface area contributed by atoms with Gasteiger partial charge in [0.05, 0.1) is 4.88 Å². The van der Waals surface area contributed by atoms with Gasteiger partial charge in [-0.3, -0.25) is 0 Å². The molecule has 2 heterocycles. The first kappa shape index (κ1) is 13.0. The summed E-state index contributed by atoms with van der Waals surface area (Å²) in [5.74, 6) is 0.800. The Balaban J connectivity index is 2.08. The lowest BCUT2D eigenvalue weighted by Gasteiger charge is -2.12. The van der Waals surface area contributed by atoms with E-state index in [0.29, 0.717) is 12.6 Å². The van der Waals surface area contributed by atoms with Gasteiger partial charge >= 0.3 is 0 Å². The molecule has 0 aliphatic carbocycles. The van der Waals surface area contributed by atoms with Crippen molar-refractivity contribution in [1.29, 1.82) is 0 Å². The average molecular weight is 262 g/mol. The Kier molecular flexibility index (Phi) is 4.28. The number of aromatic nitrogens is 2. The highest BCUT2D eigenvalue weighted by atomic mass is 32.1. The lowest BCUT2D eigenvalue weighted by Crippen LogP contribution is -2.20. The summed E-state index contributed by atoms with van der Waals surface area (Å²) in [5.41, 5.74) is 7.69. The van der Waals surface area contributed by atoms with Crippen LogP contribution in [0.3, 0.4) is 0 Å². The zero-order valence-corrected chi connectivity index (χ0v) is 11.5. The fraction of sp³-hybridized carbons (Fsp3) is 0.385. The predicted molar refractivity (Wildman–Crippen MR) is 76.8 cm³/mol. The van der Waals surface area contributed by atoms with Gasteiger partial charge in [0.2, 0.25) is 0 Å². The molecule has 0 aliphatic heterocycles. The van der Waals surface area contributed by atoms with E-state index in [0.717, 1.165) is 17.9 Å². The Morgan fingerprint density at radius 3 is 2.72 bits per heavy atom. The molecule has 0 radical (unpaired) electrons. The maximum Gasteiger partial charge on any atom is 0.148 e. The molecule has 3 N–H and O–H groups in total. The van der Waals surface area contributed by atoms with Crippen molar-refractivity contribution < 1.29 is 0 Å². The minimum atomic E-state index is 0.318. The van der Waals surface area contributed by atoms with E-state index >= 15 is 0 Å². The monoisotopic (exact) mass is 262 g/mol. The number of hydrogen-bond acceptors (Lipinski definition) is 5. The van der Waals surface area contributed by atoms with Crippen LogP contribution in [0.5, 0.6) is 0 Å². The Labute approximate surface area is 111 Å². The van der Waals surface area contributed by atoms with Crippen molar-refractivity contribution in [2.45, 2.75) is 26.3 Å². The lowest BCUT2D eigenvalue weighted by atomic mass is 10.2. The Morgan fingerprint density at radius 2 is 2.17 bits per heavy atom. The van der Waals surface area contributed by atoms with E-state index in [1.807, 2.05) is 12.1 Å². The van der Waals surface area contributed by atoms with Gasteiger partial charge in [0.1, 0.15) is 11.5 Å². The summed E-state index contributed by atoms with van der Waals surface area (Å²) in [6.45, 7) is 4.85. The Morgan fingerprint density at radius 1 is 1.33 bits per heavy atom. The molecule has 1 unspecified atom stereocenters. The average Bonchev–Trinajstić information content (AvgIpc) is 2.77. The van der Waals surface area contributed by atoms with E-state index in [1.54, 1.807) is 11.3 Å². The molecule has 0 spiro atoms. The third kappa shape index (κ3) is 3.05. The maximum absolute atomic E-state index is 5.51. The first-order valence-corrected chi connectivity index (χ1v) is 6.93. The number of nitrogens with zero attached hydrogens (tertiary/aromatic N) is 2. The standard InChI is InChI=1S/C13H18N4S/c1-9-6-8-18-13(9)11-3-4-12(17-16-11)15-10(2)5-7-14/h3-4,6,8,10H,5,7,14H2,1-2H3,(H,15,17). The van der Waals surface area contributed by atoms with Crippen LogP contribution in [0.2, 0.25) is 0 Å². The molecular formula is C13H18N4S. The van der Waals surface area contributed by atoms with E-state index in [1.165, 1.54) is 10.4 Å². The van der Waals surface area contributed by atoms with Crippen molar-refractivity contribution in [3.8, 4) is 10.6 Å². The van der Waals surface area contributed by atoms with Gasteiger partial charge in [-0.05, 0) is 56.0 Å². The molecule has 0 saturated heterocycles. The summed E-state index contributed by atoms with van der Waals surface area (Å²) in [5, 5.41) is 13.8. The molecule has 2 aromatic heterocycles. The fourth-order valence-corrected chi connectivity index (χ4v) is 2.63. The fourth-order valence-electron chi connectivity index (χ4n) is 1.74. The van der Waals surface area contributed by atoms with E-state index in [-0.39, 0.29) is 0 Å². The number of nitrogens with two attached hydrogens (primary N) is 1. The van der Waals surface area contributed by atoms with Crippen molar-refractivity contribution in [3.05, 3.63) is 29.1 Å². The first-order chi connectivity index (χ1) is 8.70. The minimum absolute atomic E-state index is 0.318. The number of aryl methyl sites for hydroxylation is 1. The molecule has 18 heavy (non-hydrogen) atoms. The summed E-state index contributed by atoms with van der Waals surface area (Å²) in [6, 6.07) is 6.38. The Hall–Kier alpha value is -1.46. The van der Waals surface area contributed by atoms with Gasteiger partial charge in [-0.15, -0.1) is 21.5 Å². The molecule has 2 aromatic rings. The number of rotatable bonds is 5. The number of anilines is 1. The highest BCUT2D eigenvalue weighted by Crippen LogP contribution is 2.27. The molecule has 0 amide bonds. The van der Waals surface area contributed by atoms with Crippen LogP contribution in [0.15, 0.2) is 23.6 Å². The quantitative estimate of drug-likeness (QED) is 0.869. The molecule has 5 heteroatoms. The van der Waals surface area contributed by atoms with E-state index in [2.05, 4.69) is 40.8 Å². The van der Waals surface area contributed by atoms with Gasteiger partial charge in [-0.2, -0.15) is 0 Å². The first-order valence-electron chi connectivity index (χ1n) is 6.05. The van der Waals surface area contributed by atoms with E-state index in [4.69, 9.17) is 5.73 Å². The summed E-state index contributed by atoms with van der Waals surface area (Å²) >= 11 is 1.69. The SMILES string of the molecule is Cc1ccsc1-c1ccc(NC(C)CCN)nn1. The van der Waals surface area contributed by atoms with Crippen LogP contribution in [0, 0.1) is 6.92 Å². The van der Waals surface area contributed by atoms with Gasteiger partial charge < -0.3 is 11.1 Å². The van der Waals surface area contributed by atoms with Gasteiger partial charge in [0, 0.05) is 6.04 Å². The topological polar surface area (TPSA) is 63.8 Å². The number of thiophene rings is 1. The Bertz CT molecular complexity index is 492. The van der Waals surface area contributed by atoms with Gasteiger partial charge in [-0.1, -0.05) is 0 Å². The summed E-state index contributed by atoms with van der Waals surface area (Å²) in [7, 11) is 0. The van der Waals surface area contributed by atoms with Crippen molar-refractivity contribution in [1.82, 2.24) is 10.2 Å². The van der Waals surface area contributed by atoms with Crippen LogP contribution in [-0.4, -0.2) is 22.8 Å². The van der Waals surface area contributed by atoms with Crippen molar-refractivity contribution in [3.63, 3.8) is 0 Å². The van der Waals surface area contributed by atoms with Gasteiger partial charge in [0.25, 0.3) is 0 Å². The van der Waals surface area contributed by atoms with Crippen LogP contribution < -0.4 is 11.1 Å². The second-order valence-electron chi connectivity index (χ2n) is 4.36. The smallest absolute Gasteiger partial charge is 0.148 e. The van der Waals surface area contributed by atoms with Gasteiger partial charge in [-0.25, -0.2) is 0 Å². The summed E-state index contributed by atoms with van der Waals surface area (Å²) in [6.07, 6.45) is 0.924. The highest BCUT2D eigenvalue weighted by molar-refractivity contribution is 7.13. The molecule has 0 aliphatic rings. The third-order valence-corrected chi connectivity index (χ3v) is 3.79. The van der Waals surface area contributed by atoms with Crippen molar-refractivity contribution in [2.75, 3.05) is 11.9 Å². The van der Waals surface area contributed by atoms with E-state index < -0.39 is 0 Å². The van der Waals surface area contributed by atoms with Crippen LogP contribution in [0.25, 0.3) is 10.6 Å². The zero-order valence-electron chi connectivity index (χ0n) is 10.7. The molecule has 0 bridgehead atoms. The molecule has 2 rings (SSSR count). The summed E-state index contributed by atoms with van der Waals surface area (Å²) in [4.78, 5) is 1.18. The van der Waals surface area contributed by atoms with Crippen LogP contribution in [-0.2, 0) is 0 Å². The third-order valence-electron chi connectivity index (χ3n) is 2.75.